The lowest BCUT2D eigenvalue weighted by molar-refractivity contribution is -0.137. The van der Waals surface area contributed by atoms with Crippen LogP contribution in [0, 0.1) is 5.82 Å². The van der Waals surface area contributed by atoms with Gasteiger partial charge < -0.3 is 20.3 Å². The number of hydrogen-bond acceptors (Lipinski definition) is 4. The minimum Gasteiger partial charge on any atom is -0.449 e. The van der Waals surface area contributed by atoms with Crippen LogP contribution in [-0.2, 0) is 19.7 Å². The SMILES string of the molecule is CN(C(=O)C(C)(C)c1cc(Cl)cc(Cl)c1)[C@@H]1CN(C(=O)OCCC(N)=O)C[C@H]1c1ccc(F)cc1. The van der Waals surface area contributed by atoms with Crippen molar-refractivity contribution in [3.63, 3.8) is 0 Å². The number of nitrogens with two attached hydrogens (primary N) is 1. The van der Waals surface area contributed by atoms with Gasteiger partial charge in [-0.15, -0.1) is 0 Å². The number of hydrogen-bond donors (Lipinski definition) is 1. The zero-order valence-corrected chi connectivity index (χ0v) is 21.3. The topological polar surface area (TPSA) is 92.9 Å². The molecule has 2 atom stereocenters. The number of carbonyl (C=O) groups is 3. The van der Waals surface area contributed by atoms with E-state index in [9.17, 15) is 18.8 Å². The molecule has 0 aromatic heterocycles. The second kappa shape index (κ2) is 10.8. The van der Waals surface area contributed by atoms with E-state index in [0.29, 0.717) is 15.6 Å². The van der Waals surface area contributed by atoms with Crippen molar-refractivity contribution in [2.45, 2.75) is 37.6 Å². The van der Waals surface area contributed by atoms with Crippen molar-refractivity contribution in [1.82, 2.24) is 9.80 Å². The summed E-state index contributed by atoms with van der Waals surface area (Å²) >= 11 is 12.3. The zero-order valence-electron chi connectivity index (χ0n) is 19.8. The number of ether oxygens (including phenoxy) is 1. The van der Waals surface area contributed by atoms with Crippen LogP contribution in [0.3, 0.4) is 0 Å². The Morgan fingerprint density at radius 2 is 1.71 bits per heavy atom. The highest BCUT2D eigenvalue weighted by Gasteiger charge is 2.44. The summed E-state index contributed by atoms with van der Waals surface area (Å²) in [4.78, 5) is 40.4. The number of likely N-dealkylation sites (tertiary alicyclic amines) is 1. The van der Waals surface area contributed by atoms with E-state index in [4.69, 9.17) is 33.7 Å². The molecule has 0 aliphatic carbocycles. The zero-order chi connectivity index (χ0) is 25.9. The van der Waals surface area contributed by atoms with Gasteiger partial charge in [0.15, 0.2) is 0 Å². The van der Waals surface area contributed by atoms with Gasteiger partial charge in [0.05, 0.1) is 17.9 Å². The fourth-order valence-electron chi connectivity index (χ4n) is 4.33. The Kier molecular flexibility index (Phi) is 8.28. The highest BCUT2D eigenvalue weighted by molar-refractivity contribution is 6.34. The molecule has 2 aromatic rings. The minimum atomic E-state index is -0.966. The standard InChI is InChI=1S/C25H28Cl2FN3O4/c1-25(2,16-10-17(26)12-18(27)11-16)23(33)30(3)21-14-31(24(34)35-9-8-22(29)32)13-20(21)15-4-6-19(28)7-5-15/h4-7,10-12,20-21H,8-9,13-14H2,1-3H3,(H2,29,32)/t20-,21+/m0/s1. The Morgan fingerprint density at radius 3 is 2.29 bits per heavy atom. The summed E-state index contributed by atoms with van der Waals surface area (Å²) in [6.45, 7) is 3.89. The third-order valence-electron chi connectivity index (χ3n) is 6.36. The van der Waals surface area contributed by atoms with Crippen LogP contribution in [0.2, 0.25) is 10.0 Å². The maximum atomic E-state index is 13.7. The van der Waals surface area contributed by atoms with Gasteiger partial charge >= 0.3 is 6.09 Å². The molecule has 1 aliphatic rings. The highest BCUT2D eigenvalue weighted by Crippen LogP contribution is 2.36. The van der Waals surface area contributed by atoms with E-state index in [-0.39, 0.29) is 43.8 Å². The molecule has 3 rings (SSSR count). The third kappa shape index (κ3) is 6.24. The van der Waals surface area contributed by atoms with Gasteiger partial charge in [-0.25, -0.2) is 9.18 Å². The van der Waals surface area contributed by atoms with Crippen LogP contribution in [0.25, 0.3) is 0 Å². The molecule has 10 heteroatoms. The van der Waals surface area contributed by atoms with Crippen LogP contribution in [0.4, 0.5) is 9.18 Å². The van der Waals surface area contributed by atoms with E-state index in [2.05, 4.69) is 0 Å². The summed E-state index contributed by atoms with van der Waals surface area (Å²) in [7, 11) is 1.68. The average molecular weight is 524 g/mol. The second-order valence-electron chi connectivity index (χ2n) is 9.16. The van der Waals surface area contributed by atoms with Crippen molar-refractivity contribution in [1.29, 1.82) is 0 Å². The van der Waals surface area contributed by atoms with Crippen molar-refractivity contribution in [3.05, 3.63) is 69.5 Å². The molecule has 0 bridgehead atoms. The van der Waals surface area contributed by atoms with Gasteiger partial charge in [-0.2, -0.15) is 0 Å². The van der Waals surface area contributed by atoms with Crippen molar-refractivity contribution >= 4 is 41.1 Å². The Morgan fingerprint density at radius 1 is 1.11 bits per heavy atom. The number of primary amides is 1. The van der Waals surface area contributed by atoms with Crippen molar-refractivity contribution in [2.24, 2.45) is 5.73 Å². The smallest absolute Gasteiger partial charge is 0.409 e. The van der Waals surface area contributed by atoms with Crippen LogP contribution in [0.15, 0.2) is 42.5 Å². The second-order valence-corrected chi connectivity index (χ2v) is 10.0. The minimum absolute atomic E-state index is 0.0842. The summed E-state index contributed by atoms with van der Waals surface area (Å²) in [5.41, 5.74) is 5.59. The first-order chi connectivity index (χ1) is 16.4. The molecule has 0 radical (unpaired) electrons. The third-order valence-corrected chi connectivity index (χ3v) is 6.79. The van der Waals surface area contributed by atoms with Gasteiger partial charge in [0, 0.05) is 36.1 Å². The van der Waals surface area contributed by atoms with Crippen molar-refractivity contribution < 1.29 is 23.5 Å². The Hall–Kier alpha value is -2.84. The van der Waals surface area contributed by atoms with Crippen molar-refractivity contribution in [2.75, 3.05) is 26.7 Å². The molecule has 3 amide bonds. The van der Waals surface area contributed by atoms with Crippen molar-refractivity contribution in [3.8, 4) is 0 Å². The van der Waals surface area contributed by atoms with E-state index < -0.39 is 23.5 Å². The maximum absolute atomic E-state index is 13.7. The van der Waals surface area contributed by atoms with Gasteiger partial charge in [0.25, 0.3) is 0 Å². The number of amides is 3. The quantitative estimate of drug-likeness (QED) is 0.583. The number of nitrogens with zero attached hydrogens (tertiary/aromatic N) is 2. The molecule has 1 fully saturated rings. The molecular formula is C25H28Cl2FN3O4. The van der Waals surface area contributed by atoms with E-state index in [1.54, 1.807) is 56.1 Å². The molecule has 7 nitrogen and oxygen atoms in total. The van der Waals surface area contributed by atoms with Gasteiger partial charge in [-0.3, -0.25) is 9.59 Å². The predicted octanol–water partition coefficient (Wildman–Crippen LogP) is 4.35. The van der Waals surface area contributed by atoms with Gasteiger partial charge in [-0.1, -0.05) is 35.3 Å². The molecular weight excluding hydrogens is 496 g/mol. The van der Waals surface area contributed by atoms with Crippen LogP contribution >= 0.6 is 23.2 Å². The number of rotatable bonds is 7. The first-order valence-electron chi connectivity index (χ1n) is 11.1. The Bertz CT molecular complexity index is 1090. The Labute approximate surface area is 213 Å². The largest absolute Gasteiger partial charge is 0.449 e. The summed E-state index contributed by atoms with van der Waals surface area (Å²) in [5, 5.41) is 0.844. The number of likely N-dealkylation sites (N-methyl/N-ethyl adjacent to an activating group) is 1. The summed E-state index contributed by atoms with van der Waals surface area (Å²) in [6.07, 6.45) is -0.693. The lowest BCUT2D eigenvalue weighted by atomic mass is 9.82. The fourth-order valence-corrected chi connectivity index (χ4v) is 4.85. The molecule has 0 saturated carbocycles. The molecule has 1 aliphatic heterocycles. The monoisotopic (exact) mass is 523 g/mol. The lowest BCUT2D eigenvalue weighted by Crippen LogP contribution is -2.49. The first-order valence-corrected chi connectivity index (χ1v) is 11.8. The van der Waals surface area contributed by atoms with E-state index in [0.717, 1.165) is 5.56 Å². The van der Waals surface area contributed by atoms with Gasteiger partial charge in [-0.05, 0) is 55.3 Å². The maximum Gasteiger partial charge on any atom is 0.409 e. The van der Waals surface area contributed by atoms with E-state index in [1.807, 2.05) is 0 Å². The number of halogens is 3. The molecule has 35 heavy (non-hydrogen) atoms. The van der Waals surface area contributed by atoms with E-state index in [1.165, 1.54) is 17.0 Å². The van der Waals surface area contributed by atoms with Crippen LogP contribution in [-0.4, -0.2) is 60.5 Å². The van der Waals surface area contributed by atoms with Crippen LogP contribution < -0.4 is 5.73 Å². The Balaban J connectivity index is 1.87. The molecule has 1 saturated heterocycles. The number of benzene rings is 2. The van der Waals surface area contributed by atoms with Crippen LogP contribution in [0.1, 0.15) is 37.3 Å². The lowest BCUT2D eigenvalue weighted by Gasteiger charge is -2.35. The van der Waals surface area contributed by atoms with Crippen LogP contribution in [0.5, 0.6) is 0 Å². The molecule has 188 valence electrons. The molecule has 2 aromatic carbocycles. The molecule has 0 unspecified atom stereocenters. The average Bonchev–Trinajstić information content (AvgIpc) is 3.23. The van der Waals surface area contributed by atoms with E-state index >= 15 is 0 Å². The van der Waals surface area contributed by atoms with Gasteiger partial charge in [0.1, 0.15) is 12.4 Å². The number of carbonyl (C=O) groups excluding carboxylic acids is 3. The molecule has 1 heterocycles. The molecule has 2 N–H and O–H groups in total. The fraction of sp³-hybridized carbons (Fsp3) is 0.400. The summed E-state index contributed by atoms with van der Waals surface area (Å²) < 4.78 is 18.8. The summed E-state index contributed by atoms with van der Waals surface area (Å²) in [6, 6.07) is 10.6. The summed E-state index contributed by atoms with van der Waals surface area (Å²) in [5.74, 6) is -1.44. The van der Waals surface area contributed by atoms with Gasteiger partial charge in [0.2, 0.25) is 11.8 Å². The normalized spacial score (nSPS) is 17.8. The first kappa shape index (κ1) is 26.8. The predicted molar refractivity (Wildman–Crippen MR) is 132 cm³/mol. The highest BCUT2D eigenvalue weighted by atomic mass is 35.5. The molecule has 0 spiro atoms.